The van der Waals surface area contributed by atoms with E-state index in [1.165, 1.54) is 30.6 Å². The van der Waals surface area contributed by atoms with Crippen LogP contribution in [0.5, 0.6) is 0 Å². The third-order valence-corrected chi connectivity index (χ3v) is 5.01. The summed E-state index contributed by atoms with van der Waals surface area (Å²) in [5.74, 6) is 0.976. The van der Waals surface area contributed by atoms with Gasteiger partial charge in [-0.2, -0.15) is 0 Å². The van der Waals surface area contributed by atoms with Crippen molar-refractivity contribution in [3.63, 3.8) is 0 Å². The summed E-state index contributed by atoms with van der Waals surface area (Å²) in [5, 5.41) is 15.2. The Morgan fingerprint density at radius 1 is 1.28 bits per heavy atom. The topological polar surface area (TPSA) is 83.0 Å². The third-order valence-electron chi connectivity index (χ3n) is 4.11. The van der Waals surface area contributed by atoms with E-state index in [4.69, 9.17) is 0 Å². The zero-order chi connectivity index (χ0) is 17.5. The van der Waals surface area contributed by atoms with Crippen molar-refractivity contribution < 1.29 is 4.79 Å². The minimum atomic E-state index is -0.271. The van der Waals surface area contributed by atoms with Crippen LogP contribution in [0, 0.1) is 0 Å². The van der Waals surface area contributed by atoms with Gasteiger partial charge in [0.2, 0.25) is 5.13 Å². The molecular weight excluding hydrogens is 336 g/mol. The van der Waals surface area contributed by atoms with E-state index < -0.39 is 0 Å². The molecule has 2 N–H and O–H groups in total. The molecule has 0 bridgehead atoms. The Morgan fingerprint density at radius 3 is 2.92 bits per heavy atom. The van der Waals surface area contributed by atoms with Gasteiger partial charge in [0.15, 0.2) is 0 Å². The second-order valence-corrected chi connectivity index (χ2v) is 7.15. The number of aromatic nitrogens is 3. The van der Waals surface area contributed by atoms with Crippen LogP contribution in [0.3, 0.4) is 0 Å². The van der Waals surface area contributed by atoms with E-state index in [1.807, 2.05) is 18.3 Å². The molecule has 3 heterocycles. The van der Waals surface area contributed by atoms with Crippen LogP contribution in [0.15, 0.2) is 18.3 Å². The molecule has 0 saturated carbocycles. The Balaban J connectivity index is 1.56. The van der Waals surface area contributed by atoms with Crippen molar-refractivity contribution in [3.8, 4) is 0 Å². The number of hydrogen-bond donors (Lipinski definition) is 2. The highest BCUT2D eigenvalue weighted by Crippen LogP contribution is 2.21. The number of rotatable bonds is 6. The van der Waals surface area contributed by atoms with E-state index in [-0.39, 0.29) is 6.03 Å². The number of carbonyl (C=O) groups excluding carboxylic acids is 1. The summed E-state index contributed by atoms with van der Waals surface area (Å²) >= 11 is 1.42. The minimum absolute atomic E-state index is 0.271. The van der Waals surface area contributed by atoms with Crippen LogP contribution in [0.4, 0.5) is 15.7 Å². The quantitative estimate of drug-likeness (QED) is 0.826. The molecule has 1 saturated heterocycles. The predicted molar refractivity (Wildman–Crippen MR) is 100 cm³/mol. The van der Waals surface area contributed by atoms with Gasteiger partial charge in [-0.1, -0.05) is 24.3 Å². The highest BCUT2D eigenvalue weighted by Gasteiger charge is 2.16. The van der Waals surface area contributed by atoms with Crippen LogP contribution in [0.1, 0.15) is 43.2 Å². The number of pyridine rings is 1. The molecule has 2 aromatic heterocycles. The fourth-order valence-electron chi connectivity index (χ4n) is 2.89. The molecule has 0 aromatic carbocycles. The fraction of sp³-hybridized carbons (Fsp3) is 0.529. The van der Waals surface area contributed by atoms with Gasteiger partial charge in [-0.25, -0.2) is 9.78 Å². The van der Waals surface area contributed by atoms with Crippen molar-refractivity contribution in [2.24, 2.45) is 0 Å². The second-order valence-electron chi connectivity index (χ2n) is 6.09. The molecule has 0 aliphatic carbocycles. The van der Waals surface area contributed by atoms with Crippen LogP contribution in [-0.2, 0) is 13.0 Å². The molecule has 7 nitrogen and oxygen atoms in total. The zero-order valence-electron chi connectivity index (χ0n) is 14.5. The van der Waals surface area contributed by atoms with Gasteiger partial charge >= 0.3 is 6.03 Å². The summed E-state index contributed by atoms with van der Waals surface area (Å²) in [4.78, 5) is 19.0. The van der Waals surface area contributed by atoms with Crippen molar-refractivity contribution in [2.75, 3.05) is 23.3 Å². The summed E-state index contributed by atoms with van der Waals surface area (Å²) in [6.07, 6.45) is 7.38. The second kappa shape index (κ2) is 8.75. The van der Waals surface area contributed by atoms with Crippen molar-refractivity contribution in [1.82, 2.24) is 20.5 Å². The molecule has 134 valence electrons. The third kappa shape index (κ3) is 4.88. The Kier molecular flexibility index (Phi) is 6.16. The highest BCUT2D eigenvalue weighted by atomic mass is 32.1. The standard InChI is InChI=1S/C17H24N6OS/c1-2-7-14-21-22-17(25-14)20-16(24)19-12-13-8-6-9-18-15(13)23-10-4-3-5-11-23/h6,8-9H,2-5,7,10-12H2,1H3,(H2,19,20,22,24). The molecule has 2 aromatic rings. The number of amides is 2. The van der Waals surface area contributed by atoms with Gasteiger partial charge in [-0.05, 0) is 31.7 Å². The maximum Gasteiger partial charge on any atom is 0.321 e. The molecule has 0 atom stereocenters. The number of aryl methyl sites for hydroxylation is 1. The average Bonchev–Trinajstić information content (AvgIpc) is 3.08. The smallest absolute Gasteiger partial charge is 0.321 e. The van der Waals surface area contributed by atoms with Crippen LogP contribution in [0.25, 0.3) is 0 Å². The maximum absolute atomic E-state index is 12.1. The number of piperidine rings is 1. The molecule has 1 aliphatic heterocycles. The van der Waals surface area contributed by atoms with Gasteiger partial charge in [0.05, 0.1) is 0 Å². The Labute approximate surface area is 151 Å². The van der Waals surface area contributed by atoms with Gasteiger partial charge in [0.25, 0.3) is 0 Å². The van der Waals surface area contributed by atoms with E-state index >= 15 is 0 Å². The van der Waals surface area contributed by atoms with E-state index in [1.54, 1.807) is 0 Å². The molecule has 25 heavy (non-hydrogen) atoms. The summed E-state index contributed by atoms with van der Waals surface area (Å²) in [6, 6.07) is 3.65. The molecule has 0 unspecified atom stereocenters. The van der Waals surface area contributed by atoms with Gasteiger partial charge in [0, 0.05) is 37.8 Å². The Morgan fingerprint density at radius 2 is 2.12 bits per heavy atom. The zero-order valence-corrected chi connectivity index (χ0v) is 15.3. The summed E-state index contributed by atoms with van der Waals surface area (Å²) in [5.41, 5.74) is 1.03. The van der Waals surface area contributed by atoms with Gasteiger partial charge in [-0.15, -0.1) is 10.2 Å². The van der Waals surface area contributed by atoms with E-state index in [0.717, 1.165) is 42.3 Å². The first-order valence-corrected chi connectivity index (χ1v) is 9.64. The molecule has 0 spiro atoms. The van der Waals surface area contributed by atoms with Crippen molar-refractivity contribution >= 4 is 28.3 Å². The Hall–Kier alpha value is -2.22. The lowest BCUT2D eigenvalue weighted by molar-refractivity contribution is 0.251. The summed E-state index contributed by atoms with van der Waals surface area (Å²) in [6.45, 7) is 4.59. The number of nitrogens with one attached hydrogen (secondary N) is 2. The molecule has 1 fully saturated rings. The first-order chi connectivity index (χ1) is 12.3. The molecule has 0 radical (unpaired) electrons. The monoisotopic (exact) mass is 360 g/mol. The Bertz CT molecular complexity index is 698. The van der Waals surface area contributed by atoms with Crippen molar-refractivity contribution in [2.45, 2.75) is 45.6 Å². The van der Waals surface area contributed by atoms with Crippen LogP contribution in [-0.4, -0.2) is 34.3 Å². The number of anilines is 2. The molecular formula is C17H24N6OS. The van der Waals surface area contributed by atoms with Gasteiger partial charge < -0.3 is 10.2 Å². The summed E-state index contributed by atoms with van der Waals surface area (Å²) in [7, 11) is 0. The predicted octanol–water partition coefficient (Wildman–Crippen LogP) is 3.20. The number of urea groups is 1. The van der Waals surface area contributed by atoms with Crippen LogP contribution < -0.4 is 15.5 Å². The lowest BCUT2D eigenvalue weighted by Gasteiger charge is -2.29. The molecule has 2 amide bonds. The number of nitrogens with zero attached hydrogens (tertiary/aromatic N) is 4. The van der Waals surface area contributed by atoms with Crippen molar-refractivity contribution in [3.05, 3.63) is 28.9 Å². The van der Waals surface area contributed by atoms with Gasteiger partial charge in [-0.3, -0.25) is 5.32 Å². The highest BCUT2D eigenvalue weighted by molar-refractivity contribution is 7.15. The van der Waals surface area contributed by atoms with E-state index in [2.05, 4.69) is 37.6 Å². The van der Waals surface area contributed by atoms with Crippen LogP contribution in [0.2, 0.25) is 0 Å². The first kappa shape index (κ1) is 17.6. The lowest BCUT2D eigenvalue weighted by atomic mass is 10.1. The van der Waals surface area contributed by atoms with E-state index in [9.17, 15) is 4.79 Å². The molecule has 1 aliphatic rings. The first-order valence-electron chi connectivity index (χ1n) is 8.82. The number of hydrogen-bond acceptors (Lipinski definition) is 6. The normalized spacial score (nSPS) is 14.4. The van der Waals surface area contributed by atoms with Crippen molar-refractivity contribution in [1.29, 1.82) is 0 Å². The van der Waals surface area contributed by atoms with Gasteiger partial charge in [0.1, 0.15) is 10.8 Å². The maximum atomic E-state index is 12.1. The van der Waals surface area contributed by atoms with Crippen LogP contribution >= 0.6 is 11.3 Å². The fourth-order valence-corrected chi connectivity index (χ4v) is 3.73. The van der Waals surface area contributed by atoms with E-state index in [0.29, 0.717) is 11.7 Å². The largest absolute Gasteiger partial charge is 0.356 e. The minimum Gasteiger partial charge on any atom is -0.356 e. The summed E-state index contributed by atoms with van der Waals surface area (Å²) < 4.78 is 0. The number of carbonyl (C=O) groups is 1. The lowest BCUT2D eigenvalue weighted by Crippen LogP contribution is -2.33. The molecule has 8 heteroatoms. The SMILES string of the molecule is CCCc1nnc(NC(=O)NCc2cccnc2N2CCCCC2)s1. The molecule has 3 rings (SSSR count). The average molecular weight is 360 g/mol.